The van der Waals surface area contributed by atoms with Crippen LogP contribution >= 0.6 is 0 Å². The number of hydrogen-bond acceptors (Lipinski definition) is 4. The molecule has 30 heavy (non-hydrogen) atoms. The van der Waals surface area contributed by atoms with Crippen LogP contribution in [0.3, 0.4) is 0 Å². The first kappa shape index (κ1) is 21.3. The van der Waals surface area contributed by atoms with Crippen LogP contribution in [0.4, 0.5) is 0 Å². The summed E-state index contributed by atoms with van der Waals surface area (Å²) in [7, 11) is 0. The SMILES string of the molecule is CCC(C)(C)NC(=O)COC(=O)c1cn(Cc2ccccc2)nc1-c1ccccc1. The largest absolute Gasteiger partial charge is 0.452 e. The van der Waals surface area contributed by atoms with Gasteiger partial charge in [0.1, 0.15) is 11.3 Å². The molecule has 1 heterocycles. The normalized spacial score (nSPS) is 11.2. The van der Waals surface area contributed by atoms with Gasteiger partial charge in [-0.1, -0.05) is 67.6 Å². The number of ether oxygens (including phenoxy) is 1. The van der Waals surface area contributed by atoms with E-state index in [-0.39, 0.29) is 18.1 Å². The lowest BCUT2D eigenvalue weighted by atomic mass is 10.0. The van der Waals surface area contributed by atoms with Crippen molar-refractivity contribution in [3.8, 4) is 11.3 Å². The molecule has 1 aromatic heterocycles. The monoisotopic (exact) mass is 405 g/mol. The van der Waals surface area contributed by atoms with Gasteiger partial charge < -0.3 is 10.1 Å². The first-order valence-electron chi connectivity index (χ1n) is 10.0. The van der Waals surface area contributed by atoms with Gasteiger partial charge in [0.2, 0.25) is 0 Å². The van der Waals surface area contributed by atoms with Crippen LogP contribution in [0.2, 0.25) is 0 Å². The number of carbonyl (C=O) groups is 2. The third kappa shape index (κ3) is 5.56. The standard InChI is InChI=1S/C24H27N3O3/c1-4-24(2,3)25-21(28)17-30-23(29)20-16-27(15-18-11-7-5-8-12-18)26-22(20)19-13-9-6-10-14-19/h5-14,16H,4,15,17H2,1-3H3,(H,25,28). The van der Waals surface area contributed by atoms with Crippen molar-refractivity contribution in [1.82, 2.24) is 15.1 Å². The fraction of sp³-hybridized carbons (Fsp3) is 0.292. The minimum Gasteiger partial charge on any atom is -0.452 e. The Hall–Kier alpha value is -3.41. The van der Waals surface area contributed by atoms with Gasteiger partial charge >= 0.3 is 5.97 Å². The predicted molar refractivity (Wildman–Crippen MR) is 116 cm³/mol. The Kier molecular flexibility index (Phi) is 6.67. The summed E-state index contributed by atoms with van der Waals surface area (Å²) in [6.45, 7) is 6.03. The van der Waals surface area contributed by atoms with Crippen molar-refractivity contribution < 1.29 is 14.3 Å². The molecule has 0 aliphatic rings. The van der Waals surface area contributed by atoms with Crippen molar-refractivity contribution in [2.45, 2.75) is 39.3 Å². The molecule has 1 N–H and O–H groups in total. The molecule has 2 aromatic carbocycles. The number of benzene rings is 2. The zero-order valence-corrected chi connectivity index (χ0v) is 17.6. The van der Waals surface area contributed by atoms with E-state index in [0.29, 0.717) is 17.8 Å². The molecule has 1 amide bonds. The highest BCUT2D eigenvalue weighted by atomic mass is 16.5. The number of rotatable bonds is 8. The van der Waals surface area contributed by atoms with Gasteiger partial charge in [0.15, 0.2) is 6.61 Å². The first-order valence-corrected chi connectivity index (χ1v) is 10.0. The number of carbonyl (C=O) groups excluding carboxylic acids is 2. The van der Waals surface area contributed by atoms with E-state index in [1.54, 1.807) is 10.9 Å². The van der Waals surface area contributed by atoms with Crippen LogP contribution < -0.4 is 5.32 Å². The average Bonchev–Trinajstić information content (AvgIpc) is 3.17. The van der Waals surface area contributed by atoms with E-state index >= 15 is 0 Å². The predicted octanol–water partition coefficient (Wildman–Crippen LogP) is 4.06. The molecule has 6 nitrogen and oxygen atoms in total. The summed E-state index contributed by atoms with van der Waals surface area (Å²) >= 11 is 0. The molecule has 0 spiro atoms. The third-order valence-corrected chi connectivity index (χ3v) is 4.91. The lowest BCUT2D eigenvalue weighted by Gasteiger charge is -2.24. The molecule has 0 aliphatic heterocycles. The van der Waals surface area contributed by atoms with Crippen molar-refractivity contribution in [3.63, 3.8) is 0 Å². The maximum absolute atomic E-state index is 12.8. The van der Waals surface area contributed by atoms with Crippen molar-refractivity contribution in [3.05, 3.63) is 78.0 Å². The molecule has 0 aliphatic carbocycles. The molecule has 0 saturated heterocycles. The van der Waals surface area contributed by atoms with E-state index in [1.165, 1.54) is 0 Å². The summed E-state index contributed by atoms with van der Waals surface area (Å²) in [6.07, 6.45) is 2.45. The van der Waals surface area contributed by atoms with Crippen LogP contribution in [0.15, 0.2) is 66.9 Å². The average molecular weight is 405 g/mol. The summed E-state index contributed by atoms with van der Waals surface area (Å²) in [5.41, 5.74) is 2.40. The van der Waals surface area contributed by atoms with Crippen molar-refractivity contribution in [2.24, 2.45) is 0 Å². The number of nitrogens with one attached hydrogen (secondary N) is 1. The van der Waals surface area contributed by atoms with Crippen LogP contribution in [0.5, 0.6) is 0 Å². The van der Waals surface area contributed by atoms with E-state index in [9.17, 15) is 9.59 Å². The first-order chi connectivity index (χ1) is 14.4. The molecular weight excluding hydrogens is 378 g/mol. The summed E-state index contributed by atoms with van der Waals surface area (Å²) in [5.74, 6) is -0.897. The maximum atomic E-state index is 12.8. The van der Waals surface area contributed by atoms with E-state index < -0.39 is 5.97 Å². The lowest BCUT2D eigenvalue weighted by Crippen LogP contribution is -2.44. The highest BCUT2D eigenvalue weighted by Gasteiger charge is 2.22. The number of hydrogen-bond donors (Lipinski definition) is 1. The maximum Gasteiger partial charge on any atom is 0.342 e. The molecule has 3 aromatic rings. The van der Waals surface area contributed by atoms with Gasteiger partial charge in [-0.15, -0.1) is 0 Å². The van der Waals surface area contributed by atoms with Crippen LogP contribution in [0.25, 0.3) is 11.3 Å². The summed E-state index contributed by atoms with van der Waals surface area (Å²) in [6, 6.07) is 19.3. The minimum atomic E-state index is -0.572. The number of esters is 1. The quantitative estimate of drug-likeness (QED) is 0.574. The summed E-state index contributed by atoms with van der Waals surface area (Å²) in [5, 5.41) is 7.47. The van der Waals surface area contributed by atoms with Crippen LogP contribution in [-0.4, -0.2) is 33.8 Å². The lowest BCUT2D eigenvalue weighted by molar-refractivity contribution is -0.125. The van der Waals surface area contributed by atoms with Crippen LogP contribution in [0.1, 0.15) is 43.1 Å². The number of aromatic nitrogens is 2. The number of amides is 1. The molecule has 0 saturated carbocycles. The van der Waals surface area contributed by atoms with Gasteiger partial charge in [-0.2, -0.15) is 5.10 Å². The van der Waals surface area contributed by atoms with Crippen LogP contribution in [-0.2, 0) is 16.1 Å². The van der Waals surface area contributed by atoms with E-state index in [2.05, 4.69) is 10.4 Å². The Bertz CT molecular complexity index is 995. The van der Waals surface area contributed by atoms with Gasteiger partial charge in [-0.05, 0) is 25.8 Å². The molecular formula is C24H27N3O3. The highest BCUT2D eigenvalue weighted by Crippen LogP contribution is 2.23. The topological polar surface area (TPSA) is 73.2 Å². The Balaban J connectivity index is 1.79. The Labute approximate surface area is 176 Å². The second kappa shape index (κ2) is 9.39. The molecule has 0 atom stereocenters. The van der Waals surface area contributed by atoms with E-state index in [4.69, 9.17) is 4.74 Å². The number of nitrogens with zero attached hydrogens (tertiary/aromatic N) is 2. The van der Waals surface area contributed by atoms with Gasteiger partial charge in [0, 0.05) is 17.3 Å². The summed E-state index contributed by atoms with van der Waals surface area (Å²) < 4.78 is 7.02. The third-order valence-electron chi connectivity index (χ3n) is 4.91. The van der Waals surface area contributed by atoms with Crippen molar-refractivity contribution >= 4 is 11.9 Å². The van der Waals surface area contributed by atoms with Gasteiger partial charge in [-0.25, -0.2) is 4.79 Å². The van der Waals surface area contributed by atoms with Crippen LogP contribution in [0, 0.1) is 0 Å². The smallest absolute Gasteiger partial charge is 0.342 e. The van der Waals surface area contributed by atoms with Crippen molar-refractivity contribution in [2.75, 3.05) is 6.61 Å². The molecule has 0 radical (unpaired) electrons. The second-order valence-electron chi connectivity index (χ2n) is 7.80. The Morgan fingerprint density at radius 1 is 1.03 bits per heavy atom. The highest BCUT2D eigenvalue weighted by molar-refractivity contribution is 5.97. The molecule has 0 unspecified atom stereocenters. The summed E-state index contributed by atoms with van der Waals surface area (Å²) in [4.78, 5) is 24.9. The zero-order chi connectivity index (χ0) is 21.6. The van der Waals surface area contributed by atoms with Crippen molar-refractivity contribution in [1.29, 1.82) is 0 Å². The molecule has 6 heteroatoms. The molecule has 3 rings (SSSR count). The minimum absolute atomic E-state index is 0.326. The second-order valence-corrected chi connectivity index (χ2v) is 7.80. The van der Waals surface area contributed by atoms with Gasteiger partial charge in [0.25, 0.3) is 5.91 Å². The molecule has 0 bridgehead atoms. The molecule has 156 valence electrons. The molecule has 0 fully saturated rings. The fourth-order valence-corrected chi connectivity index (χ4v) is 2.94. The Morgan fingerprint density at radius 2 is 1.67 bits per heavy atom. The Morgan fingerprint density at radius 3 is 2.30 bits per heavy atom. The van der Waals surface area contributed by atoms with E-state index in [0.717, 1.165) is 17.5 Å². The fourth-order valence-electron chi connectivity index (χ4n) is 2.94. The van der Waals surface area contributed by atoms with Gasteiger partial charge in [0.05, 0.1) is 6.54 Å². The van der Waals surface area contributed by atoms with E-state index in [1.807, 2.05) is 81.4 Å². The zero-order valence-electron chi connectivity index (χ0n) is 17.6. The van der Waals surface area contributed by atoms with Gasteiger partial charge in [-0.3, -0.25) is 9.48 Å².